The second-order valence-electron chi connectivity index (χ2n) is 4.51. The molecule has 0 aliphatic rings. The average molecular weight is 252 g/mol. The summed E-state index contributed by atoms with van der Waals surface area (Å²) >= 11 is 0. The van der Waals surface area contributed by atoms with Crippen molar-refractivity contribution in [3.63, 3.8) is 0 Å². The molecule has 1 aromatic carbocycles. The Hall–Kier alpha value is -1.26. The van der Waals surface area contributed by atoms with Crippen LogP contribution in [0.4, 0.5) is 0 Å². The molecular weight excluding hydrogens is 228 g/mol. The van der Waals surface area contributed by atoms with Crippen molar-refractivity contribution in [1.29, 1.82) is 0 Å². The van der Waals surface area contributed by atoms with Gasteiger partial charge in [-0.25, -0.2) is 0 Å². The summed E-state index contributed by atoms with van der Waals surface area (Å²) in [6.45, 7) is 5.11. The summed E-state index contributed by atoms with van der Waals surface area (Å²) in [5.74, 6) is 1.72. The third-order valence-corrected chi connectivity index (χ3v) is 2.89. The van der Waals surface area contributed by atoms with Crippen molar-refractivity contribution in [3.8, 4) is 11.5 Å². The number of hydrogen-bond acceptors (Lipinski definition) is 4. The maximum absolute atomic E-state index is 5.41. The van der Waals surface area contributed by atoms with Crippen LogP contribution in [0.25, 0.3) is 0 Å². The van der Waals surface area contributed by atoms with Gasteiger partial charge in [0.05, 0.1) is 14.2 Å². The van der Waals surface area contributed by atoms with Gasteiger partial charge < -0.3 is 20.1 Å². The molecule has 2 N–H and O–H groups in total. The van der Waals surface area contributed by atoms with E-state index in [0.717, 1.165) is 23.6 Å². The zero-order chi connectivity index (χ0) is 13.5. The van der Waals surface area contributed by atoms with E-state index in [-0.39, 0.29) is 6.04 Å². The molecule has 102 valence electrons. The zero-order valence-electron chi connectivity index (χ0n) is 11.9. The molecule has 0 radical (unpaired) electrons. The predicted octanol–water partition coefficient (Wildman–Crippen LogP) is 1.96. The van der Waals surface area contributed by atoms with E-state index in [4.69, 9.17) is 9.47 Å². The van der Waals surface area contributed by atoms with Gasteiger partial charge in [-0.3, -0.25) is 0 Å². The molecule has 0 bridgehead atoms. The summed E-state index contributed by atoms with van der Waals surface area (Å²) in [5, 5.41) is 6.73. The first-order valence-electron chi connectivity index (χ1n) is 6.25. The smallest absolute Gasteiger partial charge is 0.123 e. The van der Waals surface area contributed by atoms with Crippen molar-refractivity contribution < 1.29 is 9.47 Å². The normalized spacial score (nSPS) is 12.6. The number of likely N-dealkylation sites (N-methyl/N-ethyl adjacent to an activating group) is 1. The Morgan fingerprint density at radius 3 is 2.39 bits per heavy atom. The van der Waals surface area contributed by atoms with Crippen LogP contribution in [0.3, 0.4) is 0 Å². The molecule has 0 saturated carbocycles. The van der Waals surface area contributed by atoms with Crippen LogP contribution < -0.4 is 20.1 Å². The fourth-order valence-electron chi connectivity index (χ4n) is 1.83. The third kappa shape index (κ3) is 3.89. The molecule has 0 aliphatic heterocycles. The fourth-order valence-corrected chi connectivity index (χ4v) is 1.83. The molecule has 0 amide bonds. The molecule has 0 saturated heterocycles. The Morgan fingerprint density at radius 1 is 1.17 bits per heavy atom. The monoisotopic (exact) mass is 252 g/mol. The van der Waals surface area contributed by atoms with Gasteiger partial charge in [0.1, 0.15) is 11.5 Å². The lowest BCUT2D eigenvalue weighted by molar-refractivity contribution is 0.387. The lowest BCUT2D eigenvalue weighted by atomic mass is 10.0. The first-order valence-corrected chi connectivity index (χ1v) is 6.25. The molecule has 0 spiro atoms. The second kappa shape index (κ2) is 7.24. The highest BCUT2D eigenvalue weighted by atomic mass is 16.5. The molecule has 18 heavy (non-hydrogen) atoms. The van der Waals surface area contributed by atoms with Crippen LogP contribution in [0, 0.1) is 0 Å². The molecule has 0 aromatic heterocycles. The van der Waals surface area contributed by atoms with Crippen molar-refractivity contribution in [1.82, 2.24) is 10.6 Å². The summed E-state index contributed by atoms with van der Waals surface area (Å²) in [4.78, 5) is 0. The third-order valence-electron chi connectivity index (χ3n) is 2.89. The van der Waals surface area contributed by atoms with Gasteiger partial charge in [0.25, 0.3) is 0 Å². The summed E-state index contributed by atoms with van der Waals surface area (Å²) in [6.07, 6.45) is 0. The minimum Gasteiger partial charge on any atom is -0.497 e. The molecule has 4 heteroatoms. The van der Waals surface area contributed by atoms with E-state index >= 15 is 0 Å². The number of ether oxygens (including phenoxy) is 2. The van der Waals surface area contributed by atoms with Crippen molar-refractivity contribution in [2.75, 3.05) is 27.8 Å². The van der Waals surface area contributed by atoms with Gasteiger partial charge >= 0.3 is 0 Å². The Labute approximate surface area is 110 Å². The Bertz CT molecular complexity index is 367. The van der Waals surface area contributed by atoms with E-state index in [0.29, 0.717) is 6.04 Å². The highest BCUT2D eigenvalue weighted by molar-refractivity contribution is 5.42. The molecule has 1 atom stereocenters. The van der Waals surface area contributed by atoms with Crippen molar-refractivity contribution in [2.24, 2.45) is 0 Å². The van der Waals surface area contributed by atoms with E-state index in [1.54, 1.807) is 14.2 Å². The highest BCUT2D eigenvalue weighted by Crippen LogP contribution is 2.29. The van der Waals surface area contributed by atoms with Gasteiger partial charge in [-0.1, -0.05) is 13.8 Å². The quantitative estimate of drug-likeness (QED) is 0.778. The van der Waals surface area contributed by atoms with Crippen molar-refractivity contribution in [3.05, 3.63) is 23.8 Å². The van der Waals surface area contributed by atoms with Crippen LogP contribution in [0.15, 0.2) is 18.2 Å². The van der Waals surface area contributed by atoms with Crippen LogP contribution in [-0.2, 0) is 0 Å². The minimum absolute atomic E-state index is 0.192. The lowest BCUT2D eigenvalue weighted by Gasteiger charge is -2.21. The molecule has 1 unspecified atom stereocenters. The van der Waals surface area contributed by atoms with Crippen molar-refractivity contribution >= 4 is 0 Å². The molecule has 0 aliphatic carbocycles. The van der Waals surface area contributed by atoms with Gasteiger partial charge in [0.2, 0.25) is 0 Å². The number of nitrogens with one attached hydrogen (secondary N) is 2. The summed E-state index contributed by atoms with van der Waals surface area (Å²) in [7, 11) is 5.31. The summed E-state index contributed by atoms with van der Waals surface area (Å²) in [5.41, 5.74) is 1.10. The summed E-state index contributed by atoms with van der Waals surface area (Å²) in [6, 6.07) is 6.51. The van der Waals surface area contributed by atoms with Gasteiger partial charge in [-0.2, -0.15) is 0 Å². The largest absolute Gasteiger partial charge is 0.497 e. The zero-order valence-corrected chi connectivity index (χ0v) is 11.9. The fraction of sp³-hybridized carbons (Fsp3) is 0.571. The number of benzene rings is 1. The summed E-state index contributed by atoms with van der Waals surface area (Å²) < 4.78 is 10.7. The van der Waals surface area contributed by atoms with E-state index in [9.17, 15) is 0 Å². The number of methoxy groups -OCH3 is 2. The Morgan fingerprint density at radius 2 is 1.89 bits per heavy atom. The molecule has 4 nitrogen and oxygen atoms in total. The van der Waals surface area contributed by atoms with Gasteiger partial charge in [0, 0.05) is 24.2 Å². The van der Waals surface area contributed by atoms with E-state index in [2.05, 4.69) is 24.5 Å². The second-order valence-corrected chi connectivity index (χ2v) is 4.51. The van der Waals surface area contributed by atoms with Crippen LogP contribution in [-0.4, -0.2) is 33.9 Å². The maximum Gasteiger partial charge on any atom is 0.123 e. The molecular formula is C14H24N2O2. The number of hydrogen-bond donors (Lipinski definition) is 2. The van der Waals surface area contributed by atoms with Crippen LogP contribution >= 0.6 is 0 Å². The minimum atomic E-state index is 0.192. The maximum atomic E-state index is 5.41. The molecule has 1 aromatic rings. The first-order chi connectivity index (χ1) is 8.62. The Kier molecular flexibility index (Phi) is 5.95. The molecule has 1 rings (SSSR count). The van der Waals surface area contributed by atoms with Crippen LogP contribution in [0.2, 0.25) is 0 Å². The lowest BCUT2D eigenvalue weighted by Crippen LogP contribution is -2.33. The SMILES string of the molecule is CNC(CNC(C)C)c1cc(OC)ccc1OC. The average Bonchev–Trinajstić information content (AvgIpc) is 2.38. The first kappa shape index (κ1) is 14.8. The van der Waals surface area contributed by atoms with E-state index in [1.165, 1.54) is 0 Å². The molecule has 0 heterocycles. The molecule has 0 fully saturated rings. The number of rotatable bonds is 7. The standard InChI is InChI=1S/C14H24N2O2/c1-10(2)16-9-13(15-3)12-8-11(17-4)6-7-14(12)18-5/h6-8,10,13,15-16H,9H2,1-5H3. The van der Waals surface area contributed by atoms with E-state index < -0.39 is 0 Å². The highest BCUT2D eigenvalue weighted by Gasteiger charge is 2.15. The van der Waals surface area contributed by atoms with Gasteiger partial charge in [-0.05, 0) is 25.2 Å². The van der Waals surface area contributed by atoms with Crippen LogP contribution in [0.5, 0.6) is 11.5 Å². The van der Waals surface area contributed by atoms with Crippen LogP contribution in [0.1, 0.15) is 25.5 Å². The Balaban J connectivity index is 2.94. The van der Waals surface area contributed by atoms with Gasteiger partial charge in [0.15, 0.2) is 0 Å². The topological polar surface area (TPSA) is 42.5 Å². The van der Waals surface area contributed by atoms with E-state index in [1.807, 2.05) is 25.2 Å². The van der Waals surface area contributed by atoms with Crippen molar-refractivity contribution in [2.45, 2.75) is 25.9 Å². The predicted molar refractivity (Wildman–Crippen MR) is 74.5 cm³/mol. The van der Waals surface area contributed by atoms with Gasteiger partial charge in [-0.15, -0.1) is 0 Å².